The second-order valence-corrected chi connectivity index (χ2v) is 12.0. The Labute approximate surface area is 285 Å². The molecule has 6 heteroatoms. The van der Waals surface area contributed by atoms with Crippen LogP contribution in [0.3, 0.4) is 0 Å². The van der Waals surface area contributed by atoms with Crippen molar-refractivity contribution >= 4 is 23.1 Å². The molecular formula is C40H33BIrN2O2-2. The Morgan fingerprint density at radius 1 is 0.717 bits per heavy atom. The van der Waals surface area contributed by atoms with Gasteiger partial charge in [0.2, 0.25) is 6.71 Å². The van der Waals surface area contributed by atoms with Crippen LogP contribution in [-0.2, 0) is 20.1 Å². The van der Waals surface area contributed by atoms with E-state index in [1.54, 1.807) is 0 Å². The third kappa shape index (κ3) is 5.91. The third-order valence-corrected chi connectivity index (χ3v) is 8.59. The molecule has 6 aromatic rings. The number of hydrogen-bond acceptors (Lipinski definition) is 4. The summed E-state index contributed by atoms with van der Waals surface area (Å²) in [5, 5.41) is 0. The Morgan fingerprint density at radius 3 is 2.26 bits per heavy atom. The van der Waals surface area contributed by atoms with Crippen LogP contribution in [0.5, 0.6) is 23.0 Å². The molecule has 0 saturated heterocycles. The Hall–Kier alpha value is -4.51. The number of para-hydroxylation sites is 1. The van der Waals surface area contributed by atoms with Crippen LogP contribution in [-0.4, -0.2) is 16.7 Å². The van der Waals surface area contributed by atoms with E-state index in [4.69, 9.17) is 9.47 Å². The van der Waals surface area contributed by atoms with Gasteiger partial charge < -0.3 is 19.4 Å². The molecule has 229 valence electrons. The molecule has 0 fully saturated rings. The van der Waals surface area contributed by atoms with E-state index in [-0.39, 0.29) is 26.8 Å². The average Bonchev–Trinajstić information content (AvgIpc) is 3.06. The molecule has 4 nitrogen and oxygen atoms in total. The molecule has 0 saturated carbocycles. The number of aryl methyl sites for hydroxylation is 3. The first-order valence-electron chi connectivity index (χ1n) is 15.4. The number of ether oxygens (including phenoxy) is 2. The molecule has 4 aromatic carbocycles. The van der Waals surface area contributed by atoms with Gasteiger partial charge in [0, 0.05) is 43.7 Å². The van der Waals surface area contributed by atoms with E-state index < -0.39 is 0 Å². The maximum absolute atomic E-state index is 6.47. The summed E-state index contributed by atoms with van der Waals surface area (Å²) in [6.45, 7) is 10.7. The number of rotatable bonds is 3. The topological polar surface area (TPSA) is 44.2 Å². The first-order valence-corrected chi connectivity index (χ1v) is 15.4. The van der Waals surface area contributed by atoms with Crippen molar-refractivity contribution in [2.75, 3.05) is 0 Å². The zero-order valence-electron chi connectivity index (χ0n) is 26.5. The summed E-state index contributed by atoms with van der Waals surface area (Å²) in [7, 11) is 0. The van der Waals surface area contributed by atoms with Crippen LogP contribution < -0.4 is 25.9 Å². The molecular weight excluding hydrogens is 743 g/mol. The Bertz CT molecular complexity index is 2040. The molecule has 2 aliphatic rings. The molecule has 0 unspecified atom stereocenters. The van der Waals surface area contributed by atoms with Gasteiger partial charge in [-0.1, -0.05) is 73.9 Å². The molecule has 2 aromatic heterocycles. The maximum atomic E-state index is 6.47. The van der Waals surface area contributed by atoms with Crippen molar-refractivity contribution in [1.29, 1.82) is 0 Å². The number of pyridine rings is 2. The standard InChI is InChI=1S/C26H19BNO2.C14H14N.Ir/c1-16(2)17-13-14-28-21(15-17)18-7-5-9-20-26(18)30-24-12-6-11-23-25(24)27(20)19-8-3-4-10-22(19)29-23;1-10-4-6-13(7-5-10)14-8-11(2)12(3)9-15-14;/h3-6,8-16H,1-2H3;4-6,8-9H,1-3H3;/q2*-1;. The molecule has 46 heavy (non-hydrogen) atoms. The van der Waals surface area contributed by atoms with E-state index in [0.29, 0.717) is 5.92 Å². The third-order valence-electron chi connectivity index (χ3n) is 8.59. The molecule has 0 aliphatic carbocycles. The molecule has 1 radical (unpaired) electrons. The summed E-state index contributed by atoms with van der Waals surface area (Å²) in [6.07, 6.45) is 3.79. The van der Waals surface area contributed by atoms with Crippen molar-refractivity contribution in [1.82, 2.24) is 9.97 Å². The first kappa shape index (κ1) is 31.5. The summed E-state index contributed by atoms with van der Waals surface area (Å²) in [4.78, 5) is 9.05. The van der Waals surface area contributed by atoms with Crippen LogP contribution >= 0.6 is 0 Å². The van der Waals surface area contributed by atoms with Crippen molar-refractivity contribution in [3.63, 3.8) is 0 Å². The van der Waals surface area contributed by atoms with Crippen molar-refractivity contribution in [2.24, 2.45) is 0 Å². The molecule has 0 spiro atoms. The number of aromatic nitrogens is 2. The fourth-order valence-corrected chi connectivity index (χ4v) is 5.91. The van der Waals surface area contributed by atoms with E-state index in [9.17, 15) is 0 Å². The van der Waals surface area contributed by atoms with Gasteiger partial charge in [-0.05, 0) is 66.4 Å². The normalized spacial score (nSPS) is 11.9. The first-order chi connectivity index (χ1) is 21.9. The van der Waals surface area contributed by atoms with Gasteiger partial charge in [0.1, 0.15) is 17.2 Å². The minimum atomic E-state index is 0. The van der Waals surface area contributed by atoms with E-state index >= 15 is 0 Å². The molecule has 8 rings (SSSR count). The van der Waals surface area contributed by atoms with Crippen LogP contribution in [0, 0.1) is 32.9 Å². The molecule has 0 amide bonds. The zero-order valence-corrected chi connectivity index (χ0v) is 28.9. The van der Waals surface area contributed by atoms with E-state index in [1.165, 1.54) is 22.3 Å². The van der Waals surface area contributed by atoms with Crippen molar-refractivity contribution in [2.45, 2.75) is 40.5 Å². The van der Waals surface area contributed by atoms with Crippen LogP contribution in [0.15, 0.2) is 103 Å². The second-order valence-electron chi connectivity index (χ2n) is 12.0. The SMILES string of the molecule is CC(C)c1ccnc(-c2[c-]ccc3c2Oc2cccc4c2B3c2ccccc2O4)c1.Cc1c[c-]c(-c2cc(C)c(C)cn2)cc1.[Ir]. The quantitative estimate of drug-likeness (QED) is 0.136. The van der Waals surface area contributed by atoms with E-state index in [1.807, 2.05) is 54.9 Å². The average molecular weight is 777 g/mol. The van der Waals surface area contributed by atoms with Crippen LogP contribution in [0.4, 0.5) is 0 Å². The number of nitrogens with zero attached hydrogens (tertiary/aromatic N) is 2. The maximum Gasteiger partial charge on any atom is 0.241 e. The minimum Gasteiger partial charge on any atom is -0.503 e. The summed E-state index contributed by atoms with van der Waals surface area (Å²) in [5.41, 5.74) is 12.2. The number of hydrogen-bond donors (Lipinski definition) is 0. The largest absolute Gasteiger partial charge is 0.503 e. The van der Waals surface area contributed by atoms with Gasteiger partial charge in [-0.15, -0.1) is 59.1 Å². The predicted molar refractivity (Wildman–Crippen MR) is 183 cm³/mol. The molecule has 0 bridgehead atoms. The van der Waals surface area contributed by atoms with Crippen LogP contribution in [0.25, 0.3) is 22.5 Å². The smallest absolute Gasteiger partial charge is 0.241 e. The molecule has 4 heterocycles. The van der Waals surface area contributed by atoms with Crippen molar-refractivity contribution < 1.29 is 29.6 Å². The van der Waals surface area contributed by atoms with Gasteiger partial charge in [0.25, 0.3) is 0 Å². The van der Waals surface area contributed by atoms with Crippen LogP contribution in [0.1, 0.15) is 42.0 Å². The van der Waals surface area contributed by atoms with Gasteiger partial charge >= 0.3 is 0 Å². The molecule has 0 N–H and O–H groups in total. The minimum absolute atomic E-state index is 0. The fraction of sp³-hybridized carbons (Fsp3) is 0.150. The van der Waals surface area contributed by atoms with Gasteiger partial charge in [-0.2, -0.15) is 0 Å². The van der Waals surface area contributed by atoms with Crippen LogP contribution in [0.2, 0.25) is 0 Å². The molecule has 2 aliphatic heterocycles. The van der Waals surface area contributed by atoms with Crippen molar-refractivity contribution in [3.8, 4) is 45.5 Å². The van der Waals surface area contributed by atoms with Gasteiger partial charge in [0.05, 0.1) is 0 Å². The Morgan fingerprint density at radius 2 is 1.50 bits per heavy atom. The summed E-state index contributed by atoms with van der Waals surface area (Å²) < 4.78 is 12.7. The summed E-state index contributed by atoms with van der Waals surface area (Å²) >= 11 is 0. The van der Waals surface area contributed by atoms with E-state index in [2.05, 4.69) is 105 Å². The zero-order chi connectivity index (χ0) is 31.1. The number of fused-ring (bicyclic) bond motifs is 4. The summed E-state index contributed by atoms with van der Waals surface area (Å²) in [6, 6.07) is 37.4. The van der Waals surface area contributed by atoms with Gasteiger partial charge in [0.15, 0.2) is 0 Å². The fourth-order valence-electron chi connectivity index (χ4n) is 5.91. The van der Waals surface area contributed by atoms with Crippen molar-refractivity contribution in [3.05, 3.63) is 138 Å². The van der Waals surface area contributed by atoms with E-state index in [0.717, 1.165) is 61.9 Å². The monoisotopic (exact) mass is 777 g/mol. The van der Waals surface area contributed by atoms with Gasteiger partial charge in [-0.25, -0.2) is 0 Å². The summed E-state index contributed by atoms with van der Waals surface area (Å²) in [5.74, 6) is 3.85. The van der Waals surface area contributed by atoms with Gasteiger partial charge in [-0.3, -0.25) is 0 Å². The second kappa shape index (κ2) is 13.1. The predicted octanol–water partition coefficient (Wildman–Crippen LogP) is 7.87. The molecule has 0 atom stereocenters. The Balaban J connectivity index is 0.000000197. The Kier molecular flexibility index (Phi) is 8.95. The number of benzene rings is 4.